The molecule has 1 atom stereocenters. The molecular formula is C25H34N2O4S. The first-order chi connectivity index (χ1) is 15.1. The van der Waals surface area contributed by atoms with Crippen LogP contribution >= 0.6 is 11.3 Å². The molecule has 2 amide bonds. The molecule has 1 aliphatic rings. The van der Waals surface area contributed by atoms with E-state index < -0.39 is 5.54 Å². The van der Waals surface area contributed by atoms with Crippen LogP contribution in [-0.4, -0.2) is 54.0 Å². The summed E-state index contributed by atoms with van der Waals surface area (Å²) < 4.78 is 11.5. The molecule has 0 saturated heterocycles. The van der Waals surface area contributed by atoms with Gasteiger partial charge in [-0.3, -0.25) is 9.59 Å². The van der Waals surface area contributed by atoms with E-state index in [4.69, 9.17) is 9.47 Å². The van der Waals surface area contributed by atoms with Gasteiger partial charge in [-0.2, -0.15) is 0 Å². The van der Waals surface area contributed by atoms with Gasteiger partial charge < -0.3 is 19.3 Å². The zero-order chi connectivity index (χ0) is 23.5. The molecule has 0 N–H and O–H groups in total. The molecule has 1 aliphatic heterocycles. The number of rotatable bonds is 7. The van der Waals surface area contributed by atoms with Crippen LogP contribution in [0.15, 0.2) is 35.7 Å². The van der Waals surface area contributed by atoms with Crippen LogP contribution in [0.4, 0.5) is 0 Å². The Bertz CT molecular complexity index is 947. The van der Waals surface area contributed by atoms with Crippen molar-refractivity contribution in [2.75, 3.05) is 26.8 Å². The van der Waals surface area contributed by atoms with E-state index in [1.807, 2.05) is 63.8 Å². The molecule has 0 fully saturated rings. The number of benzene rings is 1. The van der Waals surface area contributed by atoms with Crippen LogP contribution in [0.5, 0.6) is 11.5 Å². The van der Waals surface area contributed by atoms with Gasteiger partial charge in [-0.15, -0.1) is 11.3 Å². The van der Waals surface area contributed by atoms with E-state index in [1.165, 1.54) is 4.88 Å². The fourth-order valence-corrected chi connectivity index (χ4v) is 4.89. The molecule has 2 heterocycles. The first-order valence-electron chi connectivity index (χ1n) is 11.1. The predicted octanol–water partition coefficient (Wildman–Crippen LogP) is 4.54. The minimum Gasteiger partial charge on any atom is -0.493 e. The Kier molecular flexibility index (Phi) is 7.49. The summed E-state index contributed by atoms with van der Waals surface area (Å²) in [5.74, 6) is 1.07. The van der Waals surface area contributed by atoms with Crippen LogP contribution in [-0.2, 0) is 16.0 Å². The average molecular weight is 459 g/mol. The second-order valence-corrected chi connectivity index (χ2v) is 10.4. The van der Waals surface area contributed by atoms with Gasteiger partial charge in [0.25, 0.3) is 0 Å². The molecule has 32 heavy (non-hydrogen) atoms. The molecule has 6 nitrogen and oxygen atoms in total. The largest absolute Gasteiger partial charge is 0.493 e. The zero-order valence-electron chi connectivity index (χ0n) is 19.9. The van der Waals surface area contributed by atoms with Gasteiger partial charge in [-0.1, -0.05) is 26.0 Å². The normalized spacial score (nSPS) is 16.0. The lowest BCUT2D eigenvalue weighted by Crippen LogP contribution is -2.54. The average Bonchev–Trinajstić information content (AvgIpc) is 3.23. The van der Waals surface area contributed by atoms with Gasteiger partial charge in [0, 0.05) is 22.9 Å². The summed E-state index contributed by atoms with van der Waals surface area (Å²) in [4.78, 5) is 31.2. The number of para-hydroxylation sites is 2. The Morgan fingerprint density at radius 3 is 2.50 bits per heavy atom. The smallest absolute Gasteiger partial charge is 0.242 e. The second-order valence-electron chi connectivity index (χ2n) is 9.36. The van der Waals surface area contributed by atoms with Crippen molar-refractivity contribution in [1.82, 2.24) is 9.80 Å². The van der Waals surface area contributed by atoms with Crippen molar-refractivity contribution in [3.8, 4) is 11.5 Å². The molecule has 2 aromatic rings. The summed E-state index contributed by atoms with van der Waals surface area (Å²) in [5.41, 5.74) is 0.686. The highest BCUT2D eigenvalue weighted by molar-refractivity contribution is 7.10. The van der Waals surface area contributed by atoms with E-state index in [2.05, 4.69) is 11.4 Å². The number of ether oxygens (including phenoxy) is 2. The van der Waals surface area contributed by atoms with Crippen molar-refractivity contribution in [3.05, 3.63) is 46.2 Å². The number of hydrogen-bond donors (Lipinski definition) is 0. The van der Waals surface area contributed by atoms with Gasteiger partial charge in [0.05, 0.1) is 13.2 Å². The third kappa shape index (κ3) is 5.26. The molecule has 0 spiro atoms. The molecule has 0 aliphatic carbocycles. The predicted molar refractivity (Wildman–Crippen MR) is 127 cm³/mol. The van der Waals surface area contributed by atoms with Crippen molar-refractivity contribution in [3.63, 3.8) is 0 Å². The van der Waals surface area contributed by atoms with Crippen LogP contribution in [0.2, 0.25) is 0 Å². The van der Waals surface area contributed by atoms with Gasteiger partial charge >= 0.3 is 0 Å². The molecule has 1 aromatic carbocycles. The van der Waals surface area contributed by atoms with E-state index in [0.29, 0.717) is 24.7 Å². The van der Waals surface area contributed by atoms with Crippen molar-refractivity contribution < 1.29 is 19.1 Å². The third-order valence-corrected chi connectivity index (χ3v) is 6.74. The lowest BCUT2D eigenvalue weighted by molar-refractivity contribution is -0.148. The summed E-state index contributed by atoms with van der Waals surface area (Å²) in [6.45, 7) is 10.6. The van der Waals surface area contributed by atoms with Crippen LogP contribution in [0.1, 0.15) is 51.1 Å². The van der Waals surface area contributed by atoms with E-state index in [-0.39, 0.29) is 30.3 Å². The molecule has 0 unspecified atom stereocenters. The number of methoxy groups -OCH3 is 1. The lowest BCUT2D eigenvalue weighted by Gasteiger charge is -2.40. The monoisotopic (exact) mass is 458 g/mol. The molecule has 1 aromatic heterocycles. The lowest BCUT2D eigenvalue weighted by atomic mass is 9.99. The number of hydrogen-bond acceptors (Lipinski definition) is 5. The fraction of sp³-hybridized carbons (Fsp3) is 0.520. The van der Waals surface area contributed by atoms with Gasteiger partial charge in [0.15, 0.2) is 11.5 Å². The van der Waals surface area contributed by atoms with E-state index in [9.17, 15) is 9.59 Å². The van der Waals surface area contributed by atoms with Crippen molar-refractivity contribution >= 4 is 23.2 Å². The Morgan fingerprint density at radius 2 is 1.88 bits per heavy atom. The fourth-order valence-electron chi connectivity index (χ4n) is 3.96. The molecule has 0 saturated carbocycles. The maximum absolute atomic E-state index is 13.5. The first kappa shape index (κ1) is 24.1. The van der Waals surface area contributed by atoms with E-state index in [1.54, 1.807) is 23.3 Å². The third-order valence-electron chi connectivity index (χ3n) is 5.74. The summed E-state index contributed by atoms with van der Waals surface area (Å²) >= 11 is 1.72. The van der Waals surface area contributed by atoms with E-state index >= 15 is 0 Å². The highest BCUT2D eigenvalue weighted by Gasteiger charge is 2.36. The Hall–Kier alpha value is -2.54. The van der Waals surface area contributed by atoms with Crippen LogP contribution in [0.3, 0.4) is 0 Å². The maximum atomic E-state index is 13.5. The highest BCUT2D eigenvalue weighted by atomic mass is 32.1. The highest BCUT2D eigenvalue weighted by Crippen LogP contribution is 2.35. The Labute approximate surface area is 195 Å². The van der Waals surface area contributed by atoms with Gasteiger partial charge in [-0.05, 0) is 56.3 Å². The minimum absolute atomic E-state index is 0.0131. The van der Waals surface area contributed by atoms with Crippen LogP contribution < -0.4 is 9.47 Å². The zero-order valence-corrected chi connectivity index (χ0v) is 20.7. The summed E-state index contributed by atoms with van der Waals surface area (Å²) in [6, 6.07) is 9.39. The van der Waals surface area contributed by atoms with Gasteiger partial charge in [0.2, 0.25) is 11.8 Å². The van der Waals surface area contributed by atoms with Gasteiger partial charge in [-0.25, -0.2) is 0 Å². The number of carbonyl (C=O) groups excluding carboxylic acids is 2. The summed E-state index contributed by atoms with van der Waals surface area (Å²) in [5, 5.41) is 2.07. The SMILES string of the molecule is COc1ccccc1OC[C@@H]1c2ccsc2CCN1C(=O)CN(C(=O)C(C)C)C(C)(C)C. The topological polar surface area (TPSA) is 59.1 Å². The van der Waals surface area contributed by atoms with Crippen molar-refractivity contribution in [2.45, 2.75) is 52.6 Å². The van der Waals surface area contributed by atoms with Crippen LogP contribution in [0.25, 0.3) is 0 Å². The van der Waals surface area contributed by atoms with E-state index in [0.717, 1.165) is 12.0 Å². The Balaban J connectivity index is 1.83. The first-order valence-corrected chi connectivity index (χ1v) is 11.9. The number of thiophene rings is 1. The maximum Gasteiger partial charge on any atom is 0.242 e. The summed E-state index contributed by atoms with van der Waals surface area (Å²) in [6.07, 6.45) is 0.817. The van der Waals surface area contributed by atoms with Gasteiger partial charge in [0.1, 0.15) is 13.2 Å². The van der Waals surface area contributed by atoms with Crippen LogP contribution in [0, 0.1) is 5.92 Å². The molecule has 3 rings (SSSR count). The quantitative estimate of drug-likeness (QED) is 0.611. The standard InChI is InChI=1S/C25H34N2O4S/c1-17(2)24(29)27(25(3,4)5)15-23(28)26-13-11-22-18(12-14-32-22)19(26)16-31-21-10-8-7-9-20(21)30-6/h7-10,12,14,17,19H,11,13,15-16H2,1-6H3/t19-/m1/s1. The summed E-state index contributed by atoms with van der Waals surface area (Å²) in [7, 11) is 1.61. The number of fused-ring (bicyclic) bond motifs is 1. The minimum atomic E-state index is -0.441. The number of carbonyl (C=O) groups is 2. The molecule has 0 radical (unpaired) electrons. The molecular weight excluding hydrogens is 424 g/mol. The number of amides is 2. The molecule has 174 valence electrons. The second kappa shape index (κ2) is 9.94. The van der Waals surface area contributed by atoms with Crippen molar-refractivity contribution in [2.24, 2.45) is 5.92 Å². The number of nitrogens with zero attached hydrogens (tertiary/aromatic N) is 2. The molecule has 7 heteroatoms. The van der Waals surface area contributed by atoms with Crippen molar-refractivity contribution in [1.29, 1.82) is 0 Å². The Morgan fingerprint density at radius 1 is 1.19 bits per heavy atom. The molecule has 0 bridgehead atoms.